The number of rotatable bonds is 6. The molecule has 1 aromatic heterocycles. The van der Waals surface area contributed by atoms with E-state index in [4.69, 9.17) is 0 Å². The zero-order valence-electron chi connectivity index (χ0n) is 9.88. The summed E-state index contributed by atoms with van der Waals surface area (Å²) >= 11 is 1.88. The predicted octanol–water partition coefficient (Wildman–Crippen LogP) is 3.86. The number of ketones is 1. The molecule has 0 aromatic carbocycles. The second kappa shape index (κ2) is 6.06. The summed E-state index contributed by atoms with van der Waals surface area (Å²) in [6.45, 7) is 6.13. The van der Waals surface area contributed by atoms with E-state index < -0.39 is 0 Å². The first kappa shape index (κ1) is 12.4. The molecule has 0 aliphatic rings. The molecule has 0 spiro atoms. The van der Waals surface area contributed by atoms with Crippen LogP contribution in [0.3, 0.4) is 0 Å². The van der Waals surface area contributed by atoms with Crippen molar-refractivity contribution in [3.05, 3.63) is 21.9 Å². The lowest BCUT2D eigenvalue weighted by molar-refractivity contribution is -0.121. The average Bonchev–Trinajstić information content (AvgIpc) is 2.65. The first-order chi connectivity index (χ1) is 7.13. The lowest BCUT2D eigenvalue weighted by atomic mass is 10.0. The third-order valence-corrected chi connectivity index (χ3v) is 3.85. The van der Waals surface area contributed by atoms with Crippen molar-refractivity contribution in [1.29, 1.82) is 0 Å². The van der Waals surface area contributed by atoms with Gasteiger partial charge in [0, 0.05) is 22.1 Å². The lowest BCUT2D eigenvalue weighted by Gasteiger charge is -2.02. The largest absolute Gasteiger partial charge is 0.299 e. The normalized spacial score (nSPS) is 10.9. The maximum absolute atomic E-state index is 11.4. The van der Waals surface area contributed by atoms with Crippen LogP contribution in [0.1, 0.15) is 43.4 Å². The van der Waals surface area contributed by atoms with Crippen LogP contribution in [0.2, 0.25) is 0 Å². The smallest absolute Gasteiger partial charge is 0.135 e. The van der Waals surface area contributed by atoms with Crippen LogP contribution < -0.4 is 0 Å². The van der Waals surface area contributed by atoms with E-state index in [1.54, 1.807) is 0 Å². The van der Waals surface area contributed by atoms with Crippen molar-refractivity contribution in [1.82, 2.24) is 0 Å². The molecule has 0 unspecified atom stereocenters. The molecule has 0 fully saturated rings. The van der Waals surface area contributed by atoms with Gasteiger partial charge in [0.1, 0.15) is 5.78 Å². The predicted molar refractivity (Wildman–Crippen MR) is 66.5 cm³/mol. The molecule has 0 radical (unpaired) electrons. The van der Waals surface area contributed by atoms with Crippen LogP contribution in [0.25, 0.3) is 0 Å². The molecule has 1 aromatic rings. The molecule has 1 rings (SSSR count). The highest BCUT2D eigenvalue weighted by molar-refractivity contribution is 7.11. The zero-order valence-corrected chi connectivity index (χ0v) is 10.7. The first-order valence-electron chi connectivity index (χ1n) is 5.73. The summed E-state index contributed by atoms with van der Waals surface area (Å²) < 4.78 is 0. The Morgan fingerprint density at radius 1 is 1.33 bits per heavy atom. The van der Waals surface area contributed by atoms with Gasteiger partial charge in [-0.2, -0.15) is 0 Å². The van der Waals surface area contributed by atoms with Crippen molar-refractivity contribution in [3.8, 4) is 0 Å². The number of Topliss-reactive ketones (excluding diaryl/α,β-unsaturated/α-hetero) is 1. The quantitative estimate of drug-likeness (QED) is 0.717. The molecule has 1 heterocycles. The Morgan fingerprint density at radius 2 is 2.00 bits per heavy atom. The summed E-state index contributed by atoms with van der Waals surface area (Å²) in [4.78, 5) is 14.3. The third kappa shape index (κ3) is 4.17. The Hall–Kier alpha value is -0.630. The minimum atomic E-state index is 0.194. The number of thiophene rings is 1. The van der Waals surface area contributed by atoms with E-state index in [1.165, 1.54) is 9.75 Å². The fraction of sp³-hybridized carbons (Fsp3) is 0.615. The Balaban J connectivity index is 2.28. The van der Waals surface area contributed by atoms with Gasteiger partial charge in [-0.25, -0.2) is 0 Å². The topological polar surface area (TPSA) is 17.1 Å². The van der Waals surface area contributed by atoms with E-state index in [0.29, 0.717) is 5.78 Å². The Morgan fingerprint density at radius 3 is 2.53 bits per heavy atom. The monoisotopic (exact) mass is 224 g/mol. The van der Waals surface area contributed by atoms with E-state index in [0.717, 1.165) is 25.7 Å². The van der Waals surface area contributed by atoms with Gasteiger partial charge in [-0.05, 0) is 31.4 Å². The maximum Gasteiger partial charge on any atom is 0.135 e. The highest BCUT2D eigenvalue weighted by atomic mass is 32.1. The van der Waals surface area contributed by atoms with Crippen molar-refractivity contribution < 1.29 is 4.79 Å². The van der Waals surface area contributed by atoms with Crippen molar-refractivity contribution >= 4 is 17.1 Å². The maximum atomic E-state index is 11.4. The van der Waals surface area contributed by atoms with Crippen molar-refractivity contribution in [2.75, 3.05) is 0 Å². The molecule has 0 bridgehead atoms. The number of carbonyl (C=O) groups is 1. The minimum absolute atomic E-state index is 0.194. The Kier molecular flexibility index (Phi) is 5.03. The molecule has 15 heavy (non-hydrogen) atoms. The molecule has 0 amide bonds. The van der Waals surface area contributed by atoms with Crippen LogP contribution >= 0.6 is 11.3 Å². The Bertz CT molecular complexity index is 312. The highest BCUT2D eigenvalue weighted by Crippen LogP contribution is 2.19. The summed E-state index contributed by atoms with van der Waals surface area (Å²) in [6.07, 6.45) is 3.91. The van der Waals surface area contributed by atoms with Gasteiger partial charge in [0.25, 0.3) is 0 Å². The molecule has 0 aliphatic heterocycles. The highest BCUT2D eigenvalue weighted by Gasteiger charge is 2.07. The summed E-state index contributed by atoms with van der Waals surface area (Å²) in [5.41, 5.74) is 0. The van der Waals surface area contributed by atoms with Crippen molar-refractivity contribution in [3.63, 3.8) is 0 Å². The van der Waals surface area contributed by atoms with Crippen molar-refractivity contribution in [2.45, 2.75) is 46.5 Å². The second-order valence-corrected chi connectivity index (χ2v) is 5.45. The van der Waals surface area contributed by atoms with Gasteiger partial charge in [-0.15, -0.1) is 11.3 Å². The second-order valence-electron chi connectivity index (χ2n) is 4.20. The molecule has 84 valence electrons. The van der Waals surface area contributed by atoms with Gasteiger partial charge in [-0.3, -0.25) is 4.79 Å². The third-order valence-electron chi connectivity index (χ3n) is 2.56. The molecule has 0 atom stereocenters. The van der Waals surface area contributed by atoms with Crippen LogP contribution in [0.5, 0.6) is 0 Å². The summed E-state index contributed by atoms with van der Waals surface area (Å²) in [5.74, 6) is 0.585. The minimum Gasteiger partial charge on any atom is -0.299 e. The van der Waals surface area contributed by atoms with E-state index >= 15 is 0 Å². The van der Waals surface area contributed by atoms with Gasteiger partial charge in [-0.1, -0.05) is 20.8 Å². The molecular formula is C13H20OS. The summed E-state index contributed by atoms with van der Waals surface area (Å²) in [7, 11) is 0. The SMILES string of the molecule is CCc1ccc(CCCC(=O)C(C)C)s1. The molecule has 0 N–H and O–H groups in total. The van der Waals surface area contributed by atoms with Gasteiger partial charge in [0.15, 0.2) is 0 Å². The van der Waals surface area contributed by atoms with E-state index in [2.05, 4.69) is 19.1 Å². The van der Waals surface area contributed by atoms with Gasteiger partial charge >= 0.3 is 0 Å². The summed E-state index contributed by atoms with van der Waals surface area (Å²) in [5, 5.41) is 0. The molecule has 0 saturated carbocycles. The molecule has 0 saturated heterocycles. The fourth-order valence-electron chi connectivity index (χ4n) is 1.47. The van der Waals surface area contributed by atoms with Crippen LogP contribution in [-0.4, -0.2) is 5.78 Å². The molecule has 1 nitrogen and oxygen atoms in total. The Labute approximate surface area is 96.5 Å². The standard InChI is InChI=1S/C13H20OS/c1-4-11-8-9-12(15-11)6-5-7-13(14)10(2)3/h8-10H,4-7H2,1-3H3. The van der Waals surface area contributed by atoms with Crippen LogP contribution in [0.15, 0.2) is 12.1 Å². The van der Waals surface area contributed by atoms with Crippen molar-refractivity contribution in [2.24, 2.45) is 5.92 Å². The van der Waals surface area contributed by atoms with Gasteiger partial charge in [0.05, 0.1) is 0 Å². The van der Waals surface area contributed by atoms with Gasteiger partial charge < -0.3 is 0 Å². The van der Waals surface area contributed by atoms with Crippen LogP contribution in [0.4, 0.5) is 0 Å². The van der Waals surface area contributed by atoms with Gasteiger partial charge in [0.2, 0.25) is 0 Å². The number of carbonyl (C=O) groups excluding carboxylic acids is 1. The number of aryl methyl sites for hydroxylation is 2. The zero-order chi connectivity index (χ0) is 11.3. The summed E-state index contributed by atoms with van der Waals surface area (Å²) in [6, 6.07) is 4.40. The van der Waals surface area contributed by atoms with Crippen LogP contribution in [-0.2, 0) is 17.6 Å². The lowest BCUT2D eigenvalue weighted by Crippen LogP contribution is -2.06. The molecule has 2 heteroatoms. The number of hydrogen-bond donors (Lipinski definition) is 0. The van der Waals surface area contributed by atoms with E-state index in [-0.39, 0.29) is 5.92 Å². The van der Waals surface area contributed by atoms with E-state index in [1.807, 2.05) is 25.2 Å². The van der Waals surface area contributed by atoms with Crippen LogP contribution in [0, 0.1) is 5.92 Å². The van der Waals surface area contributed by atoms with E-state index in [9.17, 15) is 4.79 Å². The number of hydrogen-bond acceptors (Lipinski definition) is 2. The average molecular weight is 224 g/mol. The fourth-order valence-corrected chi connectivity index (χ4v) is 2.47. The molecular weight excluding hydrogens is 204 g/mol. The molecule has 0 aliphatic carbocycles. The first-order valence-corrected chi connectivity index (χ1v) is 6.55.